The molecule has 2 aromatic rings. The number of nitrogens with zero attached hydrogens (tertiary/aromatic N) is 2. The van der Waals surface area contributed by atoms with Crippen LogP contribution in [0.1, 0.15) is 35.4 Å². The number of benzene rings is 1. The Hall–Kier alpha value is -1.74. The average molecular weight is 255 g/mol. The van der Waals surface area contributed by atoms with Crippen LogP contribution < -0.4 is 5.73 Å². The molecule has 0 radical (unpaired) electrons. The summed E-state index contributed by atoms with van der Waals surface area (Å²) in [6.07, 6.45) is 0. The zero-order chi connectivity index (χ0) is 14.0. The lowest BCUT2D eigenvalue weighted by Crippen LogP contribution is -2.14. The van der Waals surface area contributed by atoms with Gasteiger partial charge in [-0.25, -0.2) is 9.97 Å². The van der Waals surface area contributed by atoms with Crippen molar-refractivity contribution >= 4 is 0 Å². The van der Waals surface area contributed by atoms with E-state index in [-0.39, 0.29) is 0 Å². The van der Waals surface area contributed by atoms with Crippen LogP contribution in [0, 0.1) is 20.8 Å². The van der Waals surface area contributed by atoms with Gasteiger partial charge in [0.1, 0.15) is 0 Å². The molecule has 1 aromatic heterocycles. The van der Waals surface area contributed by atoms with Crippen molar-refractivity contribution in [1.82, 2.24) is 9.97 Å². The van der Waals surface area contributed by atoms with Crippen LogP contribution in [0.25, 0.3) is 11.4 Å². The highest BCUT2D eigenvalue weighted by molar-refractivity contribution is 5.56. The molecule has 0 aliphatic carbocycles. The van der Waals surface area contributed by atoms with Crippen molar-refractivity contribution in [2.24, 2.45) is 5.73 Å². The summed E-state index contributed by atoms with van der Waals surface area (Å²) in [6.45, 7) is 8.88. The van der Waals surface area contributed by atoms with Gasteiger partial charge in [0, 0.05) is 17.0 Å². The van der Waals surface area contributed by atoms with E-state index in [1.54, 1.807) is 0 Å². The molecule has 100 valence electrons. The first-order valence-electron chi connectivity index (χ1n) is 6.65. The fourth-order valence-electron chi connectivity index (χ4n) is 2.39. The van der Waals surface area contributed by atoms with Gasteiger partial charge in [-0.3, -0.25) is 0 Å². The smallest absolute Gasteiger partial charge is 0.159 e. The van der Waals surface area contributed by atoms with Gasteiger partial charge in [0.05, 0.1) is 0 Å². The molecule has 2 N–H and O–H groups in total. The molecule has 0 bridgehead atoms. The Bertz CT molecular complexity index is 550. The third kappa shape index (κ3) is 2.82. The topological polar surface area (TPSA) is 51.8 Å². The summed E-state index contributed by atoms with van der Waals surface area (Å²) in [6, 6.07) is 8.30. The van der Waals surface area contributed by atoms with Crippen molar-refractivity contribution in [3.63, 3.8) is 0 Å². The van der Waals surface area contributed by atoms with Crippen LogP contribution in [0.15, 0.2) is 24.3 Å². The van der Waals surface area contributed by atoms with Crippen LogP contribution >= 0.6 is 0 Å². The van der Waals surface area contributed by atoms with Crippen LogP contribution in [-0.4, -0.2) is 16.5 Å². The van der Waals surface area contributed by atoms with Gasteiger partial charge in [-0.2, -0.15) is 0 Å². The zero-order valence-electron chi connectivity index (χ0n) is 12.1. The number of aryl methyl sites for hydroxylation is 3. The second kappa shape index (κ2) is 5.49. The van der Waals surface area contributed by atoms with E-state index in [1.165, 1.54) is 11.1 Å². The van der Waals surface area contributed by atoms with Crippen LogP contribution in [0.2, 0.25) is 0 Å². The van der Waals surface area contributed by atoms with Crippen molar-refractivity contribution in [2.45, 2.75) is 33.6 Å². The second-order valence-electron chi connectivity index (χ2n) is 5.13. The first-order valence-corrected chi connectivity index (χ1v) is 6.65. The fourth-order valence-corrected chi connectivity index (χ4v) is 2.39. The monoisotopic (exact) mass is 255 g/mol. The molecule has 0 aliphatic rings. The molecule has 19 heavy (non-hydrogen) atoms. The Morgan fingerprint density at radius 1 is 1.00 bits per heavy atom. The molecule has 0 amide bonds. The lowest BCUT2D eigenvalue weighted by Gasteiger charge is -2.15. The molecule has 0 saturated heterocycles. The fraction of sp³-hybridized carbons (Fsp3) is 0.375. The third-order valence-electron chi connectivity index (χ3n) is 3.48. The molecule has 0 saturated carbocycles. The van der Waals surface area contributed by atoms with E-state index in [0.29, 0.717) is 12.5 Å². The molecule has 3 nitrogen and oxygen atoms in total. The van der Waals surface area contributed by atoms with Crippen LogP contribution in [-0.2, 0) is 0 Å². The minimum atomic E-state index is 0.298. The highest BCUT2D eigenvalue weighted by atomic mass is 14.9. The van der Waals surface area contributed by atoms with Gasteiger partial charge in [-0.1, -0.05) is 36.8 Å². The van der Waals surface area contributed by atoms with Gasteiger partial charge in [0.2, 0.25) is 0 Å². The minimum absolute atomic E-state index is 0.298. The van der Waals surface area contributed by atoms with Gasteiger partial charge < -0.3 is 5.73 Å². The van der Waals surface area contributed by atoms with Crippen LogP contribution in [0.3, 0.4) is 0 Å². The molecule has 1 heterocycles. The standard InChI is InChI=1S/C16H21N3/c1-10-5-7-14(8-6-10)16-18-12(3)15(11(2)9-17)13(4)19-16/h5-8,11H,9,17H2,1-4H3. The summed E-state index contributed by atoms with van der Waals surface area (Å²) in [5.41, 5.74) is 11.3. The molecule has 0 aliphatic heterocycles. The van der Waals surface area contributed by atoms with E-state index in [4.69, 9.17) is 5.73 Å². The predicted octanol–water partition coefficient (Wildman–Crippen LogP) is 3.13. The zero-order valence-corrected chi connectivity index (χ0v) is 12.1. The number of hydrogen-bond donors (Lipinski definition) is 1. The predicted molar refractivity (Wildman–Crippen MR) is 79.1 cm³/mol. The molecular weight excluding hydrogens is 234 g/mol. The molecule has 1 atom stereocenters. The first-order chi connectivity index (χ1) is 9.02. The van der Waals surface area contributed by atoms with Crippen molar-refractivity contribution in [2.75, 3.05) is 6.54 Å². The Morgan fingerprint density at radius 2 is 1.53 bits per heavy atom. The summed E-state index contributed by atoms with van der Waals surface area (Å²) < 4.78 is 0. The quantitative estimate of drug-likeness (QED) is 0.916. The summed E-state index contributed by atoms with van der Waals surface area (Å²) in [7, 11) is 0. The highest BCUT2D eigenvalue weighted by Gasteiger charge is 2.14. The summed E-state index contributed by atoms with van der Waals surface area (Å²) in [5.74, 6) is 1.09. The van der Waals surface area contributed by atoms with Gasteiger partial charge in [0.25, 0.3) is 0 Å². The maximum atomic E-state index is 5.75. The SMILES string of the molecule is Cc1ccc(-c2nc(C)c(C(C)CN)c(C)n2)cc1. The first kappa shape index (κ1) is 13.7. The van der Waals surface area contributed by atoms with Crippen LogP contribution in [0.5, 0.6) is 0 Å². The summed E-state index contributed by atoms with van der Waals surface area (Å²) in [4.78, 5) is 9.27. The van der Waals surface area contributed by atoms with Crippen LogP contribution in [0.4, 0.5) is 0 Å². The van der Waals surface area contributed by atoms with E-state index in [2.05, 4.69) is 48.1 Å². The lowest BCUT2D eigenvalue weighted by molar-refractivity contribution is 0.744. The van der Waals surface area contributed by atoms with Crippen molar-refractivity contribution in [1.29, 1.82) is 0 Å². The number of nitrogens with two attached hydrogens (primary N) is 1. The Kier molecular flexibility index (Phi) is 3.96. The van der Waals surface area contributed by atoms with E-state index < -0.39 is 0 Å². The van der Waals surface area contributed by atoms with Crippen molar-refractivity contribution in [3.05, 3.63) is 46.8 Å². The molecular formula is C16H21N3. The van der Waals surface area contributed by atoms with E-state index in [9.17, 15) is 0 Å². The Labute approximate surface area is 114 Å². The lowest BCUT2D eigenvalue weighted by atomic mass is 9.98. The van der Waals surface area contributed by atoms with E-state index >= 15 is 0 Å². The van der Waals surface area contributed by atoms with Gasteiger partial charge in [-0.05, 0) is 38.8 Å². The molecule has 0 spiro atoms. The third-order valence-corrected chi connectivity index (χ3v) is 3.48. The molecule has 1 aromatic carbocycles. The van der Waals surface area contributed by atoms with Gasteiger partial charge in [0.15, 0.2) is 5.82 Å². The van der Waals surface area contributed by atoms with Crippen molar-refractivity contribution in [3.8, 4) is 11.4 Å². The normalized spacial score (nSPS) is 12.5. The molecule has 3 heteroatoms. The molecule has 2 rings (SSSR count). The second-order valence-corrected chi connectivity index (χ2v) is 5.13. The molecule has 1 unspecified atom stereocenters. The Balaban J connectivity index is 2.48. The number of rotatable bonds is 3. The summed E-state index contributed by atoms with van der Waals surface area (Å²) in [5, 5.41) is 0. The largest absolute Gasteiger partial charge is 0.330 e. The summed E-state index contributed by atoms with van der Waals surface area (Å²) >= 11 is 0. The minimum Gasteiger partial charge on any atom is -0.330 e. The average Bonchev–Trinajstić information content (AvgIpc) is 2.38. The van der Waals surface area contributed by atoms with Gasteiger partial charge >= 0.3 is 0 Å². The highest BCUT2D eigenvalue weighted by Crippen LogP contribution is 2.24. The Morgan fingerprint density at radius 3 is 2.00 bits per heavy atom. The number of hydrogen-bond acceptors (Lipinski definition) is 3. The maximum Gasteiger partial charge on any atom is 0.159 e. The van der Waals surface area contributed by atoms with Crippen molar-refractivity contribution < 1.29 is 0 Å². The van der Waals surface area contributed by atoms with E-state index in [1.807, 2.05) is 13.8 Å². The van der Waals surface area contributed by atoms with Gasteiger partial charge in [-0.15, -0.1) is 0 Å². The van der Waals surface area contributed by atoms with E-state index in [0.717, 1.165) is 22.8 Å². The maximum absolute atomic E-state index is 5.75. The number of aromatic nitrogens is 2. The molecule has 0 fully saturated rings.